The number of carbonyl (C=O) groups is 1. The molecule has 0 radical (unpaired) electrons. The third-order valence-electron chi connectivity index (χ3n) is 2.72. The zero-order chi connectivity index (χ0) is 14.7. The van der Waals surface area contributed by atoms with Crippen molar-refractivity contribution in [2.45, 2.75) is 26.7 Å². The number of ether oxygens (including phenoxy) is 1. The second kappa shape index (κ2) is 6.00. The molecule has 0 aliphatic carbocycles. The molecule has 2 heterocycles. The Balaban J connectivity index is 2.14. The van der Waals surface area contributed by atoms with E-state index in [9.17, 15) is 4.79 Å². The van der Waals surface area contributed by atoms with Gasteiger partial charge in [0.1, 0.15) is 4.88 Å². The van der Waals surface area contributed by atoms with Crippen LogP contribution in [0.2, 0.25) is 0 Å². The lowest BCUT2D eigenvalue weighted by atomic mass is 10.2. The molecule has 0 aliphatic rings. The molecule has 0 saturated heterocycles. The van der Waals surface area contributed by atoms with E-state index in [0.29, 0.717) is 22.4 Å². The first-order valence-electron chi connectivity index (χ1n) is 6.30. The maximum atomic E-state index is 12.2. The molecule has 0 aliphatic heterocycles. The molecule has 1 amide bonds. The van der Waals surface area contributed by atoms with Crippen LogP contribution in [-0.2, 0) is 0 Å². The Morgan fingerprint density at radius 3 is 2.65 bits per heavy atom. The fraction of sp³-hybridized carbons (Fsp3) is 0.357. The van der Waals surface area contributed by atoms with E-state index in [-0.39, 0.29) is 5.91 Å². The molecule has 20 heavy (non-hydrogen) atoms. The van der Waals surface area contributed by atoms with Crippen LogP contribution < -0.4 is 10.1 Å². The molecule has 0 aromatic carbocycles. The Labute approximate surface area is 122 Å². The molecule has 2 aromatic heterocycles. The molecule has 5 nitrogen and oxygen atoms in total. The van der Waals surface area contributed by atoms with Crippen molar-refractivity contribution in [2.24, 2.45) is 0 Å². The zero-order valence-corrected chi connectivity index (χ0v) is 12.7. The smallest absolute Gasteiger partial charge is 0.267 e. The Kier molecular flexibility index (Phi) is 4.34. The van der Waals surface area contributed by atoms with Crippen LogP contribution in [0.5, 0.6) is 5.88 Å². The first-order chi connectivity index (χ1) is 9.51. The topological polar surface area (TPSA) is 64.1 Å². The van der Waals surface area contributed by atoms with Gasteiger partial charge < -0.3 is 10.1 Å². The van der Waals surface area contributed by atoms with Crippen molar-refractivity contribution in [3.8, 4) is 5.88 Å². The van der Waals surface area contributed by atoms with E-state index in [1.807, 2.05) is 6.92 Å². The molecule has 0 saturated carbocycles. The number of thiazole rings is 1. The van der Waals surface area contributed by atoms with Crippen molar-refractivity contribution in [3.05, 3.63) is 33.9 Å². The van der Waals surface area contributed by atoms with Gasteiger partial charge in [0.2, 0.25) is 5.88 Å². The van der Waals surface area contributed by atoms with Gasteiger partial charge in [0.25, 0.3) is 5.91 Å². The summed E-state index contributed by atoms with van der Waals surface area (Å²) in [6, 6.07) is 3.46. The molecule has 106 valence electrons. The number of hydrogen-bond acceptors (Lipinski definition) is 5. The van der Waals surface area contributed by atoms with Gasteiger partial charge in [-0.1, -0.05) is 13.8 Å². The first-order valence-corrected chi connectivity index (χ1v) is 7.11. The van der Waals surface area contributed by atoms with Gasteiger partial charge in [-0.2, -0.15) is 0 Å². The number of nitrogens with one attached hydrogen (secondary N) is 1. The minimum absolute atomic E-state index is 0.154. The van der Waals surface area contributed by atoms with E-state index in [1.54, 1.807) is 25.4 Å². The summed E-state index contributed by atoms with van der Waals surface area (Å²) < 4.78 is 4.98. The largest absolute Gasteiger partial charge is 0.481 e. The molecule has 2 aromatic rings. The van der Waals surface area contributed by atoms with Gasteiger partial charge in [0.15, 0.2) is 0 Å². The molecular weight excluding hydrogens is 274 g/mol. The maximum Gasteiger partial charge on any atom is 0.267 e. The normalized spacial score (nSPS) is 10.7. The SMILES string of the molecule is COc1ccc(NC(=O)c2sc(C(C)C)nc2C)cn1. The molecule has 0 atom stereocenters. The highest BCUT2D eigenvalue weighted by Gasteiger charge is 2.17. The molecule has 0 bridgehead atoms. The molecule has 0 unspecified atom stereocenters. The van der Waals surface area contributed by atoms with Gasteiger partial charge in [0, 0.05) is 12.0 Å². The lowest BCUT2D eigenvalue weighted by molar-refractivity contribution is 0.102. The first kappa shape index (κ1) is 14.5. The monoisotopic (exact) mass is 291 g/mol. The number of carbonyl (C=O) groups excluding carboxylic acids is 1. The van der Waals surface area contributed by atoms with Crippen LogP contribution in [0.4, 0.5) is 5.69 Å². The number of hydrogen-bond donors (Lipinski definition) is 1. The molecular formula is C14H17N3O2S. The fourth-order valence-electron chi connectivity index (χ4n) is 1.64. The van der Waals surface area contributed by atoms with E-state index in [0.717, 1.165) is 10.7 Å². The van der Waals surface area contributed by atoms with Crippen molar-refractivity contribution >= 4 is 22.9 Å². The van der Waals surface area contributed by atoms with Crippen molar-refractivity contribution in [2.75, 3.05) is 12.4 Å². The lowest BCUT2D eigenvalue weighted by Crippen LogP contribution is -2.11. The number of anilines is 1. The van der Waals surface area contributed by atoms with Gasteiger partial charge in [-0.25, -0.2) is 9.97 Å². The van der Waals surface area contributed by atoms with Gasteiger partial charge in [-0.05, 0) is 13.0 Å². The number of amides is 1. The number of aryl methyl sites for hydroxylation is 1. The van der Waals surface area contributed by atoms with E-state index < -0.39 is 0 Å². The Hall–Kier alpha value is -1.95. The molecule has 0 fully saturated rings. The summed E-state index contributed by atoms with van der Waals surface area (Å²) in [5.74, 6) is 0.681. The highest BCUT2D eigenvalue weighted by atomic mass is 32.1. The predicted octanol–water partition coefficient (Wildman–Crippen LogP) is 3.23. The van der Waals surface area contributed by atoms with Gasteiger partial charge in [-0.3, -0.25) is 4.79 Å². The summed E-state index contributed by atoms with van der Waals surface area (Å²) in [5, 5.41) is 3.79. The molecule has 2 rings (SSSR count). The summed E-state index contributed by atoms with van der Waals surface area (Å²) in [6.07, 6.45) is 1.57. The zero-order valence-electron chi connectivity index (χ0n) is 11.9. The van der Waals surface area contributed by atoms with Crippen molar-refractivity contribution in [1.29, 1.82) is 0 Å². The van der Waals surface area contributed by atoms with E-state index in [4.69, 9.17) is 4.74 Å². The third kappa shape index (κ3) is 3.14. The van der Waals surface area contributed by atoms with Crippen LogP contribution in [0, 0.1) is 6.92 Å². The molecule has 1 N–H and O–H groups in total. The predicted molar refractivity (Wildman–Crippen MR) is 79.7 cm³/mol. The average Bonchev–Trinajstić information content (AvgIpc) is 2.82. The maximum absolute atomic E-state index is 12.2. The Bertz CT molecular complexity index is 605. The van der Waals surface area contributed by atoms with Crippen LogP contribution in [-0.4, -0.2) is 23.0 Å². The third-order valence-corrected chi connectivity index (χ3v) is 4.17. The fourth-order valence-corrected chi connectivity index (χ4v) is 2.60. The number of methoxy groups -OCH3 is 1. The van der Waals surface area contributed by atoms with Gasteiger partial charge in [0.05, 0.1) is 29.7 Å². The van der Waals surface area contributed by atoms with Crippen LogP contribution in [0.3, 0.4) is 0 Å². The summed E-state index contributed by atoms with van der Waals surface area (Å²) in [4.78, 5) is 21.3. The second-order valence-corrected chi connectivity index (χ2v) is 5.70. The van der Waals surface area contributed by atoms with E-state index in [2.05, 4.69) is 29.1 Å². The minimum Gasteiger partial charge on any atom is -0.481 e. The highest BCUT2D eigenvalue weighted by Crippen LogP contribution is 2.25. The van der Waals surface area contributed by atoms with Crippen LogP contribution in [0.1, 0.15) is 40.1 Å². The number of rotatable bonds is 4. The van der Waals surface area contributed by atoms with Crippen LogP contribution in [0.15, 0.2) is 18.3 Å². The standard InChI is InChI=1S/C14H17N3O2S/c1-8(2)14-16-9(3)12(20-14)13(18)17-10-5-6-11(19-4)15-7-10/h5-8H,1-4H3,(H,17,18). The summed E-state index contributed by atoms with van der Waals surface area (Å²) >= 11 is 1.43. The van der Waals surface area contributed by atoms with Gasteiger partial charge in [-0.15, -0.1) is 11.3 Å². The lowest BCUT2D eigenvalue weighted by Gasteiger charge is -2.04. The quantitative estimate of drug-likeness (QED) is 0.939. The Morgan fingerprint density at radius 2 is 2.15 bits per heavy atom. The van der Waals surface area contributed by atoms with Crippen molar-refractivity contribution < 1.29 is 9.53 Å². The van der Waals surface area contributed by atoms with E-state index in [1.165, 1.54) is 11.3 Å². The summed E-state index contributed by atoms with van der Waals surface area (Å²) in [6.45, 7) is 5.98. The van der Waals surface area contributed by atoms with Crippen molar-refractivity contribution in [3.63, 3.8) is 0 Å². The number of aromatic nitrogens is 2. The average molecular weight is 291 g/mol. The van der Waals surface area contributed by atoms with Crippen molar-refractivity contribution in [1.82, 2.24) is 9.97 Å². The number of pyridine rings is 1. The molecule has 6 heteroatoms. The van der Waals surface area contributed by atoms with Gasteiger partial charge >= 0.3 is 0 Å². The second-order valence-electron chi connectivity index (χ2n) is 4.66. The Morgan fingerprint density at radius 1 is 1.40 bits per heavy atom. The minimum atomic E-state index is -0.154. The summed E-state index contributed by atoms with van der Waals surface area (Å²) in [5.41, 5.74) is 1.40. The highest BCUT2D eigenvalue weighted by molar-refractivity contribution is 7.14. The molecule has 0 spiro atoms. The van der Waals surface area contributed by atoms with Crippen LogP contribution >= 0.6 is 11.3 Å². The van der Waals surface area contributed by atoms with E-state index >= 15 is 0 Å². The summed E-state index contributed by atoms with van der Waals surface area (Å²) in [7, 11) is 1.55. The van der Waals surface area contributed by atoms with Crippen LogP contribution in [0.25, 0.3) is 0 Å². The number of nitrogens with zero attached hydrogens (tertiary/aromatic N) is 2.